The molecule has 128 valence electrons. The van der Waals surface area contributed by atoms with E-state index >= 15 is 0 Å². The van der Waals surface area contributed by atoms with Gasteiger partial charge in [0.2, 0.25) is 0 Å². The summed E-state index contributed by atoms with van der Waals surface area (Å²) in [5, 5.41) is 11.5. The van der Waals surface area contributed by atoms with Gasteiger partial charge in [0.1, 0.15) is 5.52 Å². The van der Waals surface area contributed by atoms with E-state index in [1.165, 1.54) is 19.3 Å². The normalized spacial score (nSPS) is 15.4. The van der Waals surface area contributed by atoms with E-state index in [0.717, 1.165) is 35.0 Å². The highest BCUT2D eigenvalue weighted by Gasteiger charge is 2.16. The Bertz CT molecular complexity index is 863. The highest BCUT2D eigenvalue weighted by Crippen LogP contribution is 2.18. The molecule has 0 saturated heterocycles. The van der Waals surface area contributed by atoms with Crippen molar-refractivity contribution in [1.82, 2.24) is 20.3 Å². The summed E-state index contributed by atoms with van der Waals surface area (Å²) in [6.45, 7) is 0.644. The van der Waals surface area contributed by atoms with E-state index in [4.69, 9.17) is 0 Å². The lowest BCUT2D eigenvalue weighted by molar-refractivity contribution is 0.0927. The molecule has 1 N–H and O–H groups in total. The first kappa shape index (κ1) is 15.8. The smallest absolute Gasteiger partial charge is 0.251 e. The predicted octanol–water partition coefficient (Wildman–Crippen LogP) is 3.54. The molecule has 5 heteroatoms. The molecule has 1 saturated carbocycles. The SMILES string of the molecule is O=C(NC1CCCCC1)c1ccc(Cn2nnc3ccccc32)cc1. The Balaban J connectivity index is 1.43. The van der Waals surface area contributed by atoms with E-state index in [9.17, 15) is 4.79 Å². The van der Waals surface area contributed by atoms with Crippen molar-refractivity contribution in [1.29, 1.82) is 0 Å². The summed E-state index contributed by atoms with van der Waals surface area (Å²) in [6.07, 6.45) is 5.93. The molecule has 0 radical (unpaired) electrons. The maximum Gasteiger partial charge on any atom is 0.251 e. The van der Waals surface area contributed by atoms with Gasteiger partial charge in [-0.1, -0.05) is 48.7 Å². The summed E-state index contributed by atoms with van der Waals surface area (Å²) in [6, 6.07) is 16.0. The molecular formula is C20H22N4O. The molecule has 0 unspecified atom stereocenters. The van der Waals surface area contributed by atoms with Crippen molar-refractivity contribution in [3.8, 4) is 0 Å². The Morgan fingerprint density at radius 3 is 2.60 bits per heavy atom. The number of aromatic nitrogens is 3. The van der Waals surface area contributed by atoms with Crippen molar-refractivity contribution >= 4 is 16.9 Å². The van der Waals surface area contributed by atoms with Crippen molar-refractivity contribution in [2.24, 2.45) is 0 Å². The van der Waals surface area contributed by atoms with E-state index in [0.29, 0.717) is 12.6 Å². The van der Waals surface area contributed by atoms with Crippen LogP contribution in [0.15, 0.2) is 48.5 Å². The van der Waals surface area contributed by atoms with Crippen LogP contribution < -0.4 is 5.32 Å². The van der Waals surface area contributed by atoms with E-state index in [-0.39, 0.29) is 5.91 Å². The molecule has 25 heavy (non-hydrogen) atoms. The van der Waals surface area contributed by atoms with Gasteiger partial charge < -0.3 is 5.32 Å². The van der Waals surface area contributed by atoms with Crippen LogP contribution in [-0.4, -0.2) is 26.9 Å². The van der Waals surface area contributed by atoms with Crippen molar-refractivity contribution in [2.75, 3.05) is 0 Å². The second kappa shape index (κ2) is 7.05. The predicted molar refractivity (Wildman–Crippen MR) is 97.4 cm³/mol. The first-order chi connectivity index (χ1) is 12.3. The topological polar surface area (TPSA) is 59.8 Å². The fourth-order valence-corrected chi connectivity index (χ4v) is 3.48. The lowest BCUT2D eigenvalue weighted by atomic mass is 9.95. The van der Waals surface area contributed by atoms with E-state index in [2.05, 4.69) is 15.6 Å². The molecule has 1 aromatic heterocycles. The molecule has 0 bridgehead atoms. The van der Waals surface area contributed by atoms with Gasteiger partial charge in [-0.25, -0.2) is 4.68 Å². The van der Waals surface area contributed by atoms with Crippen LogP contribution in [0.1, 0.15) is 48.0 Å². The highest BCUT2D eigenvalue weighted by atomic mass is 16.1. The molecule has 1 fully saturated rings. The summed E-state index contributed by atoms with van der Waals surface area (Å²) in [7, 11) is 0. The fraction of sp³-hybridized carbons (Fsp3) is 0.350. The third kappa shape index (κ3) is 3.55. The first-order valence-electron chi connectivity index (χ1n) is 8.98. The Labute approximate surface area is 147 Å². The lowest BCUT2D eigenvalue weighted by Crippen LogP contribution is -2.36. The molecule has 2 aromatic carbocycles. The number of carbonyl (C=O) groups is 1. The second-order valence-electron chi connectivity index (χ2n) is 6.74. The number of rotatable bonds is 4. The minimum atomic E-state index is 0.0321. The average molecular weight is 334 g/mol. The quantitative estimate of drug-likeness (QED) is 0.794. The summed E-state index contributed by atoms with van der Waals surface area (Å²) in [4.78, 5) is 12.4. The lowest BCUT2D eigenvalue weighted by Gasteiger charge is -2.22. The Kier molecular flexibility index (Phi) is 4.46. The average Bonchev–Trinajstić information content (AvgIpc) is 3.06. The number of benzene rings is 2. The van der Waals surface area contributed by atoms with Crippen LogP contribution in [0.3, 0.4) is 0 Å². The zero-order valence-electron chi connectivity index (χ0n) is 14.2. The maximum absolute atomic E-state index is 12.4. The largest absolute Gasteiger partial charge is 0.349 e. The summed E-state index contributed by atoms with van der Waals surface area (Å²) < 4.78 is 1.88. The van der Waals surface area contributed by atoms with E-state index in [1.807, 2.05) is 53.2 Å². The zero-order valence-corrected chi connectivity index (χ0v) is 14.2. The molecule has 3 aromatic rings. The minimum Gasteiger partial charge on any atom is -0.349 e. The van der Waals surface area contributed by atoms with Crippen LogP contribution in [-0.2, 0) is 6.54 Å². The standard InChI is InChI=1S/C20H22N4O/c25-20(21-17-6-2-1-3-7-17)16-12-10-15(11-13-16)14-24-19-9-5-4-8-18(19)22-23-24/h4-5,8-13,17H,1-3,6-7,14H2,(H,21,25). The van der Waals surface area contributed by atoms with Crippen LogP contribution in [0.25, 0.3) is 11.0 Å². The van der Waals surface area contributed by atoms with Crippen molar-refractivity contribution in [2.45, 2.75) is 44.7 Å². The summed E-state index contributed by atoms with van der Waals surface area (Å²) in [5.74, 6) is 0.0321. The van der Waals surface area contributed by atoms with Crippen molar-refractivity contribution in [3.63, 3.8) is 0 Å². The second-order valence-corrected chi connectivity index (χ2v) is 6.74. The van der Waals surface area contributed by atoms with Crippen LogP contribution in [0, 0.1) is 0 Å². The number of nitrogens with zero attached hydrogens (tertiary/aromatic N) is 3. The third-order valence-corrected chi connectivity index (χ3v) is 4.91. The van der Waals surface area contributed by atoms with Crippen molar-refractivity contribution < 1.29 is 4.79 Å². The molecule has 0 atom stereocenters. The summed E-state index contributed by atoms with van der Waals surface area (Å²) >= 11 is 0. The van der Waals surface area contributed by atoms with Gasteiger partial charge in [0, 0.05) is 11.6 Å². The Morgan fingerprint density at radius 1 is 1.04 bits per heavy atom. The number of amides is 1. The van der Waals surface area contributed by atoms with Gasteiger partial charge in [-0.15, -0.1) is 5.10 Å². The molecule has 1 heterocycles. The molecule has 1 aliphatic rings. The molecule has 0 spiro atoms. The van der Waals surface area contributed by atoms with E-state index < -0.39 is 0 Å². The molecular weight excluding hydrogens is 312 g/mol. The molecule has 0 aliphatic heterocycles. The van der Waals surface area contributed by atoms with Crippen LogP contribution >= 0.6 is 0 Å². The van der Waals surface area contributed by atoms with Gasteiger partial charge in [0.15, 0.2) is 0 Å². The third-order valence-electron chi connectivity index (χ3n) is 4.91. The summed E-state index contributed by atoms with van der Waals surface area (Å²) in [5.41, 5.74) is 3.73. The van der Waals surface area contributed by atoms with Crippen LogP contribution in [0.4, 0.5) is 0 Å². The number of nitrogens with one attached hydrogen (secondary N) is 1. The maximum atomic E-state index is 12.4. The molecule has 5 nitrogen and oxygen atoms in total. The van der Waals surface area contributed by atoms with E-state index in [1.54, 1.807) is 0 Å². The molecule has 1 aliphatic carbocycles. The zero-order chi connectivity index (χ0) is 17.1. The number of hydrogen-bond acceptors (Lipinski definition) is 3. The van der Waals surface area contributed by atoms with Gasteiger partial charge >= 0.3 is 0 Å². The van der Waals surface area contributed by atoms with Gasteiger partial charge in [-0.3, -0.25) is 4.79 Å². The highest BCUT2D eigenvalue weighted by molar-refractivity contribution is 5.94. The Morgan fingerprint density at radius 2 is 1.80 bits per heavy atom. The number of carbonyl (C=O) groups excluding carboxylic acids is 1. The van der Waals surface area contributed by atoms with Crippen molar-refractivity contribution in [3.05, 3.63) is 59.7 Å². The van der Waals surface area contributed by atoms with Crippen LogP contribution in [0.5, 0.6) is 0 Å². The number of fused-ring (bicyclic) bond motifs is 1. The fourth-order valence-electron chi connectivity index (χ4n) is 3.48. The number of para-hydroxylation sites is 1. The monoisotopic (exact) mass is 334 g/mol. The molecule has 4 rings (SSSR count). The van der Waals surface area contributed by atoms with Crippen LogP contribution in [0.2, 0.25) is 0 Å². The van der Waals surface area contributed by atoms with Gasteiger partial charge in [0.05, 0.1) is 12.1 Å². The number of hydrogen-bond donors (Lipinski definition) is 1. The molecule has 1 amide bonds. The van der Waals surface area contributed by atoms with Gasteiger partial charge in [-0.2, -0.15) is 0 Å². The Hall–Kier alpha value is -2.69. The first-order valence-corrected chi connectivity index (χ1v) is 8.98. The van der Waals surface area contributed by atoms with Gasteiger partial charge in [-0.05, 0) is 42.7 Å². The van der Waals surface area contributed by atoms with Gasteiger partial charge in [0.25, 0.3) is 5.91 Å². The minimum absolute atomic E-state index is 0.0321.